The predicted molar refractivity (Wildman–Crippen MR) is 77.7 cm³/mol. The van der Waals surface area contributed by atoms with Crippen LogP contribution in [0.3, 0.4) is 0 Å². The first-order chi connectivity index (χ1) is 8.70. The molecule has 2 aliphatic rings. The van der Waals surface area contributed by atoms with Crippen molar-refractivity contribution in [2.45, 2.75) is 58.0 Å². The van der Waals surface area contributed by atoms with Gasteiger partial charge < -0.3 is 5.73 Å². The van der Waals surface area contributed by atoms with Crippen molar-refractivity contribution in [3.63, 3.8) is 0 Å². The van der Waals surface area contributed by atoms with Gasteiger partial charge in [0, 0.05) is 25.2 Å². The summed E-state index contributed by atoms with van der Waals surface area (Å²) in [6.07, 6.45) is 6.71. The first-order valence-electron chi connectivity index (χ1n) is 7.89. The Labute approximate surface area is 113 Å². The summed E-state index contributed by atoms with van der Waals surface area (Å²) >= 11 is 0. The van der Waals surface area contributed by atoms with Crippen LogP contribution in [-0.4, -0.2) is 54.6 Å². The van der Waals surface area contributed by atoms with E-state index in [1.807, 2.05) is 0 Å². The Morgan fingerprint density at radius 2 is 2.11 bits per heavy atom. The number of piperazine rings is 1. The first kappa shape index (κ1) is 14.3. The molecule has 3 atom stereocenters. The van der Waals surface area contributed by atoms with Crippen LogP contribution >= 0.6 is 0 Å². The largest absolute Gasteiger partial charge is 0.330 e. The lowest BCUT2D eigenvalue weighted by Gasteiger charge is -2.42. The molecule has 0 aromatic rings. The summed E-state index contributed by atoms with van der Waals surface area (Å²) in [5.74, 6) is 0.804. The standard InChI is InChI=1S/C15H31N3/c1-13(7-8-16)5-3-9-17-12-15-6-4-10-18(15)11-14(17)2/h13-15H,3-12,16H2,1-2H3. The topological polar surface area (TPSA) is 32.5 Å². The minimum Gasteiger partial charge on any atom is -0.330 e. The summed E-state index contributed by atoms with van der Waals surface area (Å²) in [6.45, 7) is 10.8. The number of rotatable bonds is 6. The summed E-state index contributed by atoms with van der Waals surface area (Å²) in [5, 5.41) is 0. The predicted octanol–water partition coefficient (Wildman–Crippen LogP) is 1.92. The maximum atomic E-state index is 5.61. The third-order valence-corrected chi connectivity index (χ3v) is 4.87. The van der Waals surface area contributed by atoms with Gasteiger partial charge in [-0.3, -0.25) is 9.80 Å². The second-order valence-corrected chi connectivity index (χ2v) is 6.46. The van der Waals surface area contributed by atoms with Gasteiger partial charge in [-0.1, -0.05) is 6.92 Å². The molecular weight excluding hydrogens is 222 g/mol. The van der Waals surface area contributed by atoms with Gasteiger partial charge in [-0.05, 0) is 64.6 Å². The Morgan fingerprint density at radius 3 is 2.89 bits per heavy atom. The van der Waals surface area contributed by atoms with Gasteiger partial charge in [0.1, 0.15) is 0 Å². The molecule has 3 unspecified atom stereocenters. The van der Waals surface area contributed by atoms with Gasteiger partial charge in [-0.15, -0.1) is 0 Å². The fourth-order valence-electron chi connectivity index (χ4n) is 3.63. The van der Waals surface area contributed by atoms with Crippen LogP contribution in [0.2, 0.25) is 0 Å². The molecule has 3 heteroatoms. The summed E-state index contributed by atoms with van der Waals surface area (Å²) in [5.41, 5.74) is 5.61. The van der Waals surface area contributed by atoms with Crippen molar-refractivity contribution in [2.75, 3.05) is 32.7 Å². The molecule has 2 saturated heterocycles. The van der Waals surface area contributed by atoms with Gasteiger partial charge in [0.15, 0.2) is 0 Å². The molecular formula is C15H31N3. The zero-order valence-corrected chi connectivity index (χ0v) is 12.3. The van der Waals surface area contributed by atoms with E-state index >= 15 is 0 Å². The molecule has 0 radical (unpaired) electrons. The monoisotopic (exact) mass is 253 g/mol. The highest BCUT2D eigenvalue weighted by Gasteiger charge is 2.33. The Bertz CT molecular complexity index is 244. The van der Waals surface area contributed by atoms with Crippen LogP contribution < -0.4 is 5.73 Å². The Balaban J connectivity index is 1.69. The lowest BCUT2D eigenvalue weighted by Crippen LogP contribution is -2.55. The Morgan fingerprint density at radius 1 is 1.28 bits per heavy atom. The molecule has 0 amide bonds. The quantitative estimate of drug-likeness (QED) is 0.785. The molecule has 18 heavy (non-hydrogen) atoms. The molecule has 2 N–H and O–H groups in total. The highest BCUT2D eigenvalue weighted by Crippen LogP contribution is 2.25. The second-order valence-electron chi connectivity index (χ2n) is 6.46. The van der Waals surface area contributed by atoms with Crippen molar-refractivity contribution < 1.29 is 0 Å². The number of fused-ring (bicyclic) bond motifs is 1. The Kier molecular flexibility index (Phi) is 5.46. The zero-order valence-electron chi connectivity index (χ0n) is 12.3. The van der Waals surface area contributed by atoms with Crippen LogP contribution in [0.15, 0.2) is 0 Å². The van der Waals surface area contributed by atoms with E-state index in [-0.39, 0.29) is 0 Å². The maximum absolute atomic E-state index is 5.61. The lowest BCUT2D eigenvalue weighted by atomic mass is 10.0. The lowest BCUT2D eigenvalue weighted by molar-refractivity contribution is 0.0576. The number of hydrogen-bond acceptors (Lipinski definition) is 3. The van der Waals surface area contributed by atoms with Crippen molar-refractivity contribution in [1.29, 1.82) is 0 Å². The normalized spacial score (nSPS) is 31.5. The van der Waals surface area contributed by atoms with E-state index in [1.165, 1.54) is 58.3 Å². The van der Waals surface area contributed by atoms with Crippen molar-refractivity contribution in [1.82, 2.24) is 9.80 Å². The molecule has 2 rings (SSSR count). The fraction of sp³-hybridized carbons (Fsp3) is 1.00. The molecule has 2 fully saturated rings. The van der Waals surface area contributed by atoms with Crippen LogP contribution in [0.5, 0.6) is 0 Å². The summed E-state index contributed by atoms with van der Waals surface area (Å²) < 4.78 is 0. The van der Waals surface area contributed by atoms with Gasteiger partial charge in [0.25, 0.3) is 0 Å². The van der Waals surface area contributed by atoms with Crippen LogP contribution in [0.25, 0.3) is 0 Å². The molecule has 2 heterocycles. The van der Waals surface area contributed by atoms with Crippen LogP contribution in [-0.2, 0) is 0 Å². The van der Waals surface area contributed by atoms with E-state index in [4.69, 9.17) is 5.73 Å². The highest BCUT2D eigenvalue weighted by atomic mass is 15.3. The van der Waals surface area contributed by atoms with Gasteiger partial charge in [0.05, 0.1) is 0 Å². The smallest absolute Gasteiger partial charge is 0.0224 e. The van der Waals surface area contributed by atoms with E-state index in [1.54, 1.807) is 0 Å². The number of nitrogens with zero attached hydrogens (tertiary/aromatic N) is 2. The minimum absolute atomic E-state index is 0.754. The average Bonchev–Trinajstić information content (AvgIpc) is 2.76. The third-order valence-electron chi connectivity index (χ3n) is 4.87. The van der Waals surface area contributed by atoms with Crippen molar-refractivity contribution in [3.05, 3.63) is 0 Å². The molecule has 3 nitrogen and oxygen atoms in total. The van der Waals surface area contributed by atoms with Crippen molar-refractivity contribution in [2.24, 2.45) is 11.7 Å². The molecule has 0 aromatic heterocycles. The molecule has 0 spiro atoms. The van der Waals surface area contributed by atoms with Crippen molar-refractivity contribution >= 4 is 0 Å². The highest BCUT2D eigenvalue weighted by molar-refractivity contribution is 4.90. The van der Waals surface area contributed by atoms with Gasteiger partial charge in [0.2, 0.25) is 0 Å². The van der Waals surface area contributed by atoms with E-state index in [2.05, 4.69) is 23.6 Å². The summed E-state index contributed by atoms with van der Waals surface area (Å²) in [7, 11) is 0. The number of nitrogens with two attached hydrogens (primary N) is 1. The minimum atomic E-state index is 0.754. The van der Waals surface area contributed by atoms with Crippen LogP contribution in [0, 0.1) is 5.92 Å². The van der Waals surface area contributed by atoms with Crippen LogP contribution in [0.4, 0.5) is 0 Å². The molecule has 0 bridgehead atoms. The summed E-state index contributed by atoms with van der Waals surface area (Å²) in [4.78, 5) is 5.43. The molecule has 106 valence electrons. The average molecular weight is 253 g/mol. The number of hydrogen-bond donors (Lipinski definition) is 1. The second kappa shape index (κ2) is 6.88. The van der Waals surface area contributed by atoms with E-state index in [0.29, 0.717) is 0 Å². The fourth-order valence-corrected chi connectivity index (χ4v) is 3.63. The third kappa shape index (κ3) is 3.69. The Hall–Kier alpha value is -0.120. The van der Waals surface area contributed by atoms with E-state index in [9.17, 15) is 0 Å². The molecule has 2 aliphatic heterocycles. The van der Waals surface area contributed by atoms with Crippen LogP contribution in [0.1, 0.15) is 46.0 Å². The first-order valence-corrected chi connectivity index (χ1v) is 7.89. The van der Waals surface area contributed by atoms with Gasteiger partial charge >= 0.3 is 0 Å². The zero-order chi connectivity index (χ0) is 13.0. The van der Waals surface area contributed by atoms with E-state index in [0.717, 1.165) is 24.5 Å². The van der Waals surface area contributed by atoms with Gasteiger partial charge in [-0.2, -0.15) is 0 Å². The SMILES string of the molecule is CC(CCN)CCCN1CC2CCCN2CC1C. The molecule has 0 aromatic carbocycles. The van der Waals surface area contributed by atoms with E-state index < -0.39 is 0 Å². The van der Waals surface area contributed by atoms with Gasteiger partial charge in [-0.25, -0.2) is 0 Å². The summed E-state index contributed by atoms with van der Waals surface area (Å²) in [6, 6.07) is 1.62. The molecule has 0 saturated carbocycles. The maximum Gasteiger partial charge on any atom is 0.0224 e. The van der Waals surface area contributed by atoms with Crippen molar-refractivity contribution in [3.8, 4) is 0 Å². The molecule has 0 aliphatic carbocycles.